The molecule has 0 saturated heterocycles. The number of nitrogens with zero attached hydrogens (tertiary/aromatic N) is 4. The minimum Gasteiger partial charge on any atom is -0.487 e. The number of methoxy groups -OCH3 is 3. The Bertz CT molecular complexity index is 3670. The molecule has 3 unspecified atom stereocenters. The van der Waals surface area contributed by atoms with Gasteiger partial charge in [0.25, 0.3) is 0 Å². The van der Waals surface area contributed by atoms with Gasteiger partial charge in [-0.15, -0.1) is 0 Å². The van der Waals surface area contributed by atoms with Crippen LogP contribution in [0.5, 0.6) is 11.5 Å². The number of ketones is 1. The van der Waals surface area contributed by atoms with E-state index in [0.29, 0.717) is 62.3 Å². The maximum Gasteiger partial charge on any atom is 0.305 e. The van der Waals surface area contributed by atoms with Crippen LogP contribution >= 0.6 is 0 Å². The summed E-state index contributed by atoms with van der Waals surface area (Å²) in [7, 11) is 4.68. The fraction of sp³-hybridized carbons (Fsp3) is 0.365. The van der Waals surface area contributed by atoms with Gasteiger partial charge >= 0.3 is 5.97 Å². The number of anilines is 2. The monoisotopic (exact) mass is 1050 g/mol. The molecule has 15 heteroatoms. The number of Topliss-reactive ketones (excluding diaryl/α,β-unsaturated/α-hetero) is 1. The number of carbonyl (C=O) groups excluding carboxylic acids is 2. The van der Waals surface area contributed by atoms with Gasteiger partial charge in [0.1, 0.15) is 25.4 Å². The molecule has 4 aromatic heterocycles. The zero-order valence-electron chi connectivity index (χ0n) is 45.9. The topological polar surface area (TPSA) is 185 Å². The molecule has 402 valence electrons. The normalized spacial score (nSPS) is 17.0. The predicted molar refractivity (Wildman–Crippen MR) is 302 cm³/mol. The highest BCUT2D eigenvalue weighted by atomic mass is 16.5. The summed E-state index contributed by atoms with van der Waals surface area (Å²) in [4.78, 5) is 53.6. The molecule has 1 aliphatic carbocycles. The minimum atomic E-state index is -0.315. The molecular formula is C63H67N7O8. The first kappa shape index (κ1) is 53.5. The number of H-pyrrole nitrogens is 2. The molecule has 5 atom stereocenters. The number of aryl methyl sites for hydroxylation is 2. The van der Waals surface area contributed by atoms with Gasteiger partial charge in [0.15, 0.2) is 17.3 Å². The smallest absolute Gasteiger partial charge is 0.305 e. The molecule has 0 spiro atoms. The van der Waals surface area contributed by atoms with Gasteiger partial charge in [-0.05, 0) is 105 Å². The second-order valence-corrected chi connectivity index (χ2v) is 20.4. The fourth-order valence-electron chi connectivity index (χ4n) is 11.3. The number of aromatic nitrogens is 6. The highest BCUT2D eigenvalue weighted by molar-refractivity contribution is 6.13. The molecule has 0 fully saturated rings. The quantitative estimate of drug-likeness (QED) is 0.0419. The molecule has 15 nitrogen and oxygen atoms in total. The molecule has 7 aromatic rings. The van der Waals surface area contributed by atoms with E-state index in [4.69, 9.17) is 38.4 Å². The average Bonchev–Trinajstić information content (AvgIpc) is 4.42. The van der Waals surface area contributed by atoms with Crippen molar-refractivity contribution in [3.8, 4) is 23.3 Å². The van der Waals surface area contributed by atoms with Crippen molar-refractivity contribution >= 4 is 56.2 Å². The van der Waals surface area contributed by atoms with E-state index in [1.54, 1.807) is 14.2 Å². The summed E-state index contributed by atoms with van der Waals surface area (Å²) in [5.41, 5.74) is 16.1. The lowest BCUT2D eigenvalue weighted by molar-refractivity contribution is -0.140. The average molecular weight is 1050 g/mol. The van der Waals surface area contributed by atoms with Gasteiger partial charge in [-0.1, -0.05) is 50.8 Å². The molecule has 2 aliphatic heterocycles. The van der Waals surface area contributed by atoms with Crippen molar-refractivity contribution in [3.63, 3.8) is 0 Å². The Hall–Kier alpha value is -7.90. The number of hydrogen-bond acceptors (Lipinski definition) is 13. The molecule has 78 heavy (non-hydrogen) atoms. The molecule has 3 aliphatic rings. The van der Waals surface area contributed by atoms with Crippen LogP contribution in [0, 0.1) is 25.7 Å². The molecular weight excluding hydrogens is 983 g/mol. The largest absolute Gasteiger partial charge is 0.487 e. The first-order valence-electron chi connectivity index (χ1n) is 26.8. The van der Waals surface area contributed by atoms with Crippen LogP contribution in [0.15, 0.2) is 85.2 Å². The van der Waals surface area contributed by atoms with E-state index in [0.717, 1.165) is 107 Å². The van der Waals surface area contributed by atoms with Crippen molar-refractivity contribution in [1.29, 1.82) is 0 Å². The third-order valence-electron chi connectivity index (χ3n) is 15.6. The number of ether oxygens (including phenoxy) is 6. The summed E-state index contributed by atoms with van der Waals surface area (Å²) >= 11 is 0. The van der Waals surface area contributed by atoms with Gasteiger partial charge in [0.05, 0.1) is 49.8 Å². The van der Waals surface area contributed by atoms with Crippen LogP contribution < -0.4 is 14.8 Å². The lowest BCUT2D eigenvalue weighted by atomic mass is 9.85. The number of aromatic amines is 2. The highest BCUT2D eigenvalue weighted by Gasteiger charge is 2.36. The zero-order valence-corrected chi connectivity index (χ0v) is 45.9. The fourth-order valence-corrected chi connectivity index (χ4v) is 11.3. The Morgan fingerprint density at radius 2 is 1.45 bits per heavy atom. The van der Waals surface area contributed by atoms with Crippen LogP contribution in [0.4, 0.5) is 11.5 Å². The summed E-state index contributed by atoms with van der Waals surface area (Å²) in [6.07, 6.45) is 3.17. The maximum absolute atomic E-state index is 13.8. The van der Waals surface area contributed by atoms with Crippen LogP contribution in [-0.4, -0.2) is 89.4 Å². The summed E-state index contributed by atoms with van der Waals surface area (Å²) < 4.78 is 34.3. The first-order chi connectivity index (χ1) is 37.8. The molecule has 3 aromatic carbocycles. The number of hydrogen-bond donors (Lipinski definition) is 3. The van der Waals surface area contributed by atoms with Gasteiger partial charge in [-0.2, -0.15) is 0 Å². The van der Waals surface area contributed by atoms with E-state index >= 15 is 0 Å². The third-order valence-corrected chi connectivity index (χ3v) is 15.6. The van der Waals surface area contributed by atoms with Crippen LogP contribution in [-0.2, 0) is 36.8 Å². The van der Waals surface area contributed by atoms with E-state index in [2.05, 4.69) is 102 Å². The Morgan fingerprint density at radius 1 is 0.769 bits per heavy atom. The number of benzene rings is 3. The predicted octanol–water partition coefficient (Wildman–Crippen LogP) is 12.2. The van der Waals surface area contributed by atoms with Crippen molar-refractivity contribution in [2.75, 3.05) is 53.1 Å². The van der Waals surface area contributed by atoms with Gasteiger partial charge in [-0.25, -0.2) is 9.97 Å². The van der Waals surface area contributed by atoms with Crippen molar-refractivity contribution in [2.45, 2.75) is 104 Å². The van der Waals surface area contributed by atoms with E-state index in [1.807, 2.05) is 55.5 Å². The van der Waals surface area contributed by atoms with Crippen LogP contribution in [0.3, 0.4) is 0 Å². The van der Waals surface area contributed by atoms with Crippen LogP contribution in [0.1, 0.15) is 149 Å². The summed E-state index contributed by atoms with van der Waals surface area (Å²) in [6.45, 7) is 14.8. The summed E-state index contributed by atoms with van der Waals surface area (Å²) in [5, 5.41) is 4.23. The number of fused-ring (bicyclic) bond motifs is 9. The third kappa shape index (κ3) is 11.0. The Labute approximate surface area is 454 Å². The molecule has 0 saturated carbocycles. The Kier molecular flexibility index (Phi) is 16.0. The number of carbonyl (C=O) groups is 2. The van der Waals surface area contributed by atoms with Crippen molar-refractivity contribution in [3.05, 3.63) is 152 Å². The molecule has 0 amide bonds. The lowest BCUT2D eigenvalue weighted by Gasteiger charge is -2.16. The van der Waals surface area contributed by atoms with Crippen molar-refractivity contribution < 1.29 is 38.0 Å². The van der Waals surface area contributed by atoms with Crippen LogP contribution in [0.2, 0.25) is 0 Å². The molecule has 3 N–H and O–H groups in total. The van der Waals surface area contributed by atoms with E-state index in [1.165, 1.54) is 13.4 Å². The van der Waals surface area contributed by atoms with Crippen LogP contribution in [0.25, 0.3) is 33.0 Å². The SMILES string of the molecule is CCC1c2cc3[nH]c4c(c5nc(cc6[nH]c(cc(n2)C1C)c(C(C)OCc1cccc(C#Cc2cccc(Nc7ncnc8cc(OCCOC)c(OCCOC)cc78)c2)c1)c6C)[C@@H](C)[C@@H]5CCC(=O)OC)CC(=O)c4c3C. The van der Waals surface area contributed by atoms with Crippen molar-refractivity contribution in [1.82, 2.24) is 29.9 Å². The summed E-state index contributed by atoms with van der Waals surface area (Å²) in [6, 6.07) is 26.2. The Morgan fingerprint density at radius 3 is 2.19 bits per heavy atom. The number of rotatable bonds is 18. The van der Waals surface area contributed by atoms with E-state index in [-0.39, 0.29) is 54.4 Å². The van der Waals surface area contributed by atoms with Gasteiger partial charge in [-0.3, -0.25) is 19.6 Å². The minimum absolute atomic E-state index is 0.0353. The number of nitrogens with one attached hydrogen (secondary N) is 3. The molecule has 0 radical (unpaired) electrons. The first-order valence-corrected chi connectivity index (χ1v) is 26.8. The molecule has 6 heterocycles. The van der Waals surface area contributed by atoms with E-state index < -0.39 is 0 Å². The van der Waals surface area contributed by atoms with Gasteiger partial charge in [0.2, 0.25) is 0 Å². The molecule has 8 bridgehead atoms. The lowest BCUT2D eigenvalue weighted by Crippen LogP contribution is -2.09. The second kappa shape index (κ2) is 23.4. The zero-order chi connectivity index (χ0) is 54.6. The number of esters is 1. The Balaban J connectivity index is 0.936. The summed E-state index contributed by atoms with van der Waals surface area (Å²) in [5.74, 6) is 8.48. The second-order valence-electron chi connectivity index (χ2n) is 20.4. The van der Waals surface area contributed by atoms with Gasteiger partial charge < -0.3 is 43.7 Å². The van der Waals surface area contributed by atoms with Crippen molar-refractivity contribution in [2.24, 2.45) is 0 Å². The molecule has 10 rings (SSSR count). The maximum atomic E-state index is 13.8. The standard InChI is InChI=1S/C63H67N7O8/c1-10-44-35(2)48-31-54-59(37(4)50(68-54)29-49-36(3)45(19-20-58(72)75-9)61(69-49)47-27-55(71)60-38(5)51(70-62(47)60)30-53(44)67-48)39(6)78-33-42-15-11-13-40(25-42)17-18-41-14-12-16-43(26-41)66-63-46-28-56(76-23-21-73-7)57(77-24-22-74-8)32-52(46)64-34-65-63/h11-16,25-26,28-32,34-36,39,44-45,68,70H,10,19-24,27,33H2,1-9H3,(H,64,65,66)/t35?,36-,39?,44?,45-/m0/s1. The van der Waals surface area contributed by atoms with E-state index in [9.17, 15) is 9.59 Å². The van der Waals surface area contributed by atoms with Gasteiger partial charge in [0, 0.05) is 129 Å². The highest BCUT2D eigenvalue weighted by Crippen LogP contribution is 2.46.